The van der Waals surface area contributed by atoms with Crippen LogP contribution in [0.15, 0.2) is 35.8 Å². The molecule has 1 aromatic carbocycles. The zero-order chi connectivity index (χ0) is 17.8. The van der Waals surface area contributed by atoms with Crippen molar-refractivity contribution in [2.75, 3.05) is 0 Å². The molecule has 3 rings (SSSR count). The van der Waals surface area contributed by atoms with Crippen LogP contribution in [0, 0.1) is 10.1 Å². The molecular weight excluding hydrogens is 338 g/mol. The normalized spacial score (nSPS) is 11.0. The third-order valence-electron chi connectivity index (χ3n) is 3.78. The van der Waals surface area contributed by atoms with Crippen molar-refractivity contribution in [3.05, 3.63) is 62.2 Å². The van der Waals surface area contributed by atoms with E-state index in [-0.39, 0.29) is 5.69 Å². The van der Waals surface area contributed by atoms with E-state index in [0.29, 0.717) is 13.1 Å². The summed E-state index contributed by atoms with van der Waals surface area (Å²) in [6.45, 7) is 3.45. The Morgan fingerprint density at radius 2 is 2.04 bits per heavy atom. The Kier molecular flexibility index (Phi) is 5.20. The zero-order valence-electron chi connectivity index (χ0n) is 14.1. The second-order valence-corrected chi connectivity index (χ2v) is 6.61. The molecule has 8 heteroatoms. The first-order valence-electron chi connectivity index (χ1n) is 7.98. The lowest BCUT2D eigenvalue weighted by Crippen LogP contribution is -2.13. The number of aromatic nitrogens is 3. The first kappa shape index (κ1) is 17.2. The topological polar surface area (TPSA) is 85.9 Å². The van der Waals surface area contributed by atoms with Crippen LogP contribution in [-0.2, 0) is 26.6 Å². The minimum absolute atomic E-state index is 0.0783. The van der Waals surface area contributed by atoms with Crippen LogP contribution in [0.4, 0.5) is 5.69 Å². The lowest BCUT2D eigenvalue weighted by molar-refractivity contribution is -0.384. The quantitative estimate of drug-likeness (QED) is 0.518. The minimum atomic E-state index is -0.400. The number of nitro benzene ring substituents is 1. The van der Waals surface area contributed by atoms with E-state index in [4.69, 9.17) is 0 Å². The van der Waals surface area contributed by atoms with Crippen LogP contribution >= 0.6 is 11.3 Å². The fourth-order valence-corrected chi connectivity index (χ4v) is 3.31. The van der Waals surface area contributed by atoms with Crippen LogP contribution in [0.1, 0.15) is 23.2 Å². The van der Waals surface area contributed by atoms with Crippen LogP contribution in [0.3, 0.4) is 0 Å². The van der Waals surface area contributed by atoms with Crippen LogP contribution < -0.4 is 5.32 Å². The number of thiazole rings is 1. The third-order valence-corrected chi connectivity index (χ3v) is 4.82. The van der Waals surface area contributed by atoms with Gasteiger partial charge in [-0.2, -0.15) is 5.10 Å². The van der Waals surface area contributed by atoms with Gasteiger partial charge in [0.05, 0.1) is 21.3 Å². The standard InChI is InChI=1S/C17H19N5O2S/c1-3-16-19-14(11-25-16)9-18-8-13-10-21(2)20-17(13)12-4-6-15(7-5-12)22(23)24/h4-7,10-11,18H,3,8-9H2,1-2H3. The van der Waals surface area contributed by atoms with Crippen molar-refractivity contribution in [1.29, 1.82) is 0 Å². The highest BCUT2D eigenvalue weighted by Gasteiger charge is 2.12. The van der Waals surface area contributed by atoms with E-state index in [9.17, 15) is 10.1 Å². The number of aryl methyl sites for hydroxylation is 2. The van der Waals surface area contributed by atoms with Gasteiger partial charge in [-0.3, -0.25) is 14.8 Å². The monoisotopic (exact) mass is 357 g/mol. The Balaban J connectivity index is 1.71. The van der Waals surface area contributed by atoms with Gasteiger partial charge in [0.25, 0.3) is 5.69 Å². The Hall–Kier alpha value is -2.58. The second-order valence-electron chi connectivity index (χ2n) is 5.67. The van der Waals surface area contributed by atoms with Gasteiger partial charge in [-0.1, -0.05) is 6.92 Å². The van der Waals surface area contributed by atoms with E-state index in [1.165, 1.54) is 12.1 Å². The number of rotatable bonds is 7. The van der Waals surface area contributed by atoms with Gasteiger partial charge in [0.1, 0.15) is 0 Å². The summed E-state index contributed by atoms with van der Waals surface area (Å²) in [6.07, 6.45) is 2.92. The summed E-state index contributed by atoms with van der Waals surface area (Å²) in [4.78, 5) is 14.9. The van der Waals surface area contributed by atoms with Crippen molar-refractivity contribution in [3.8, 4) is 11.3 Å². The fourth-order valence-electron chi connectivity index (χ4n) is 2.57. The first-order valence-corrected chi connectivity index (χ1v) is 8.86. The van der Waals surface area contributed by atoms with Gasteiger partial charge in [-0.25, -0.2) is 4.98 Å². The molecule has 0 aliphatic heterocycles. The molecule has 0 spiro atoms. The van der Waals surface area contributed by atoms with Gasteiger partial charge < -0.3 is 5.32 Å². The maximum atomic E-state index is 10.8. The molecule has 0 fully saturated rings. The summed E-state index contributed by atoms with van der Waals surface area (Å²) in [6, 6.07) is 6.47. The van der Waals surface area contributed by atoms with Crippen LogP contribution in [-0.4, -0.2) is 19.7 Å². The highest BCUT2D eigenvalue weighted by Crippen LogP contribution is 2.24. The zero-order valence-corrected chi connectivity index (χ0v) is 14.9. The molecule has 2 heterocycles. The number of non-ortho nitro benzene ring substituents is 1. The van der Waals surface area contributed by atoms with Gasteiger partial charge in [-0.15, -0.1) is 11.3 Å². The Morgan fingerprint density at radius 1 is 1.28 bits per heavy atom. The molecule has 7 nitrogen and oxygen atoms in total. The summed E-state index contributed by atoms with van der Waals surface area (Å²) in [5, 5.41) is 21.9. The van der Waals surface area contributed by atoms with Crippen molar-refractivity contribution in [2.24, 2.45) is 7.05 Å². The molecule has 25 heavy (non-hydrogen) atoms. The first-order chi connectivity index (χ1) is 12.1. The van der Waals surface area contributed by atoms with Crippen LogP contribution in [0.5, 0.6) is 0 Å². The molecule has 130 valence electrons. The maximum Gasteiger partial charge on any atom is 0.269 e. The van der Waals surface area contributed by atoms with E-state index < -0.39 is 4.92 Å². The van der Waals surface area contributed by atoms with Gasteiger partial charge >= 0.3 is 0 Å². The largest absolute Gasteiger partial charge is 0.307 e. The van der Waals surface area contributed by atoms with Crippen molar-refractivity contribution in [2.45, 2.75) is 26.4 Å². The smallest absolute Gasteiger partial charge is 0.269 e. The molecule has 0 radical (unpaired) electrons. The van der Waals surface area contributed by atoms with Crippen LogP contribution in [0.25, 0.3) is 11.3 Å². The number of nitrogens with one attached hydrogen (secondary N) is 1. The van der Waals surface area contributed by atoms with Crippen molar-refractivity contribution < 1.29 is 4.92 Å². The molecule has 0 aliphatic carbocycles. The van der Waals surface area contributed by atoms with E-state index >= 15 is 0 Å². The van der Waals surface area contributed by atoms with Gasteiger partial charge in [0.15, 0.2) is 0 Å². The maximum absolute atomic E-state index is 10.8. The Morgan fingerprint density at radius 3 is 2.68 bits per heavy atom. The van der Waals surface area contributed by atoms with Crippen molar-refractivity contribution in [3.63, 3.8) is 0 Å². The van der Waals surface area contributed by atoms with Gasteiger partial charge in [-0.05, 0) is 18.6 Å². The molecule has 1 N–H and O–H groups in total. The van der Waals surface area contributed by atoms with Gasteiger partial charge in [0, 0.05) is 55.0 Å². The number of nitro groups is 1. The Labute approximate surface area is 149 Å². The average molecular weight is 357 g/mol. The SMILES string of the molecule is CCc1nc(CNCc2cn(C)nc2-c2ccc([N+](=O)[O-])cc2)cs1. The summed E-state index contributed by atoms with van der Waals surface area (Å²) >= 11 is 1.68. The number of nitrogens with zero attached hydrogens (tertiary/aromatic N) is 4. The van der Waals surface area contributed by atoms with Crippen LogP contribution in [0.2, 0.25) is 0 Å². The summed E-state index contributed by atoms with van der Waals surface area (Å²) in [5.74, 6) is 0. The number of benzene rings is 1. The summed E-state index contributed by atoms with van der Waals surface area (Å²) in [7, 11) is 1.87. The molecule has 0 bridgehead atoms. The molecule has 0 saturated carbocycles. The molecule has 0 aliphatic rings. The third kappa shape index (κ3) is 4.09. The number of hydrogen-bond acceptors (Lipinski definition) is 6. The van der Waals surface area contributed by atoms with Gasteiger partial charge in [0.2, 0.25) is 0 Å². The predicted molar refractivity (Wildman–Crippen MR) is 97.3 cm³/mol. The fraction of sp³-hybridized carbons (Fsp3) is 0.294. The van der Waals surface area contributed by atoms with Crippen molar-refractivity contribution in [1.82, 2.24) is 20.1 Å². The molecule has 0 unspecified atom stereocenters. The van der Waals surface area contributed by atoms with E-state index in [2.05, 4.69) is 27.7 Å². The van der Waals surface area contributed by atoms with E-state index in [1.807, 2.05) is 13.2 Å². The molecule has 0 amide bonds. The second kappa shape index (κ2) is 7.54. The van der Waals surface area contributed by atoms with E-state index in [1.54, 1.807) is 28.2 Å². The number of hydrogen-bond donors (Lipinski definition) is 1. The lowest BCUT2D eigenvalue weighted by Gasteiger charge is -2.04. The molecule has 2 aromatic heterocycles. The lowest BCUT2D eigenvalue weighted by atomic mass is 10.1. The highest BCUT2D eigenvalue weighted by atomic mass is 32.1. The molecule has 0 saturated heterocycles. The minimum Gasteiger partial charge on any atom is -0.307 e. The highest BCUT2D eigenvalue weighted by molar-refractivity contribution is 7.09. The summed E-state index contributed by atoms with van der Waals surface area (Å²) < 4.78 is 1.76. The van der Waals surface area contributed by atoms with E-state index in [0.717, 1.165) is 33.9 Å². The summed E-state index contributed by atoms with van der Waals surface area (Å²) in [5.41, 5.74) is 3.86. The molecule has 0 atom stereocenters. The predicted octanol–water partition coefficient (Wildman–Crippen LogP) is 3.30. The average Bonchev–Trinajstić information content (AvgIpc) is 3.21. The molecular formula is C17H19N5O2S. The van der Waals surface area contributed by atoms with Crippen molar-refractivity contribution >= 4 is 17.0 Å². The Bertz CT molecular complexity index is 870. The molecule has 3 aromatic rings.